The van der Waals surface area contributed by atoms with Gasteiger partial charge in [0.2, 0.25) is 0 Å². The molecular weight excluding hydrogens is 260 g/mol. The van der Waals surface area contributed by atoms with Crippen molar-refractivity contribution in [1.82, 2.24) is 10.4 Å². The molecule has 9 nitrogen and oxygen atoms in total. The summed E-state index contributed by atoms with van der Waals surface area (Å²) in [6.07, 6.45) is 0.0204. The van der Waals surface area contributed by atoms with Gasteiger partial charge in [-0.05, 0) is 0 Å². The predicted octanol–water partition coefficient (Wildman–Crippen LogP) is -0.776. The number of carbonyl (C=O) groups excluding carboxylic acids is 2. The van der Waals surface area contributed by atoms with Crippen LogP contribution in [0.4, 0.5) is 4.79 Å². The second-order valence-electron chi connectivity index (χ2n) is 3.40. The number of carboxylic acids is 1. The molecule has 0 aromatic carbocycles. The molecule has 0 saturated carbocycles. The van der Waals surface area contributed by atoms with Gasteiger partial charge in [-0.3, -0.25) is 9.63 Å². The van der Waals surface area contributed by atoms with E-state index in [4.69, 9.17) is 9.84 Å². The molecule has 0 aliphatic rings. The van der Waals surface area contributed by atoms with Crippen molar-refractivity contribution in [3.05, 3.63) is 0 Å². The van der Waals surface area contributed by atoms with Gasteiger partial charge in [-0.25, -0.2) is 15.1 Å². The van der Waals surface area contributed by atoms with E-state index in [-0.39, 0.29) is 26.1 Å². The molecule has 110 valence electrons. The highest BCUT2D eigenvalue weighted by molar-refractivity contribution is 5.75. The van der Waals surface area contributed by atoms with Gasteiger partial charge in [0.05, 0.1) is 20.1 Å². The second kappa shape index (κ2) is 10.1. The quantitative estimate of drug-likeness (QED) is 0.420. The predicted molar refractivity (Wildman–Crippen MR) is 62.2 cm³/mol. The summed E-state index contributed by atoms with van der Waals surface area (Å²) < 4.78 is 9.29. The number of nitrogens with zero attached hydrogens (tertiary/aromatic N) is 1. The third-order valence-electron chi connectivity index (χ3n) is 2.02. The second-order valence-corrected chi connectivity index (χ2v) is 3.40. The van der Waals surface area contributed by atoms with E-state index in [1.807, 2.05) is 5.48 Å². The van der Waals surface area contributed by atoms with Crippen LogP contribution in [0.1, 0.15) is 6.42 Å². The standard InChI is InChI=1S/C10H18N2O7/c1-17-6-5-12(4-3-9(15)18-2)10(16)11-19-7-8(13)14/h3-7H2,1-2H3,(H,11,16)(H,13,14). The highest BCUT2D eigenvalue weighted by atomic mass is 16.7. The molecule has 9 heteroatoms. The van der Waals surface area contributed by atoms with Crippen molar-refractivity contribution in [3.63, 3.8) is 0 Å². The first-order chi connectivity index (χ1) is 9.01. The zero-order valence-electron chi connectivity index (χ0n) is 10.9. The fraction of sp³-hybridized carbons (Fsp3) is 0.700. The zero-order chi connectivity index (χ0) is 14.7. The SMILES string of the molecule is COCCN(CCC(=O)OC)C(=O)NOCC(=O)O. The minimum atomic E-state index is -1.21. The van der Waals surface area contributed by atoms with Gasteiger partial charge in [0.25, 0.3) is 0 Å². The third kappa shape index (κ3) is 8.80. The average molecular weight is 278 g/mol. The van der Waals surface area contributed by atoms with Crippen molar-refractivity contribution < 1.29 is 33.8 Å². The molecule has 0 fully saturated rings. The molecule has 2 amide bonds. The van der Waals surface area contributed by atoms with E-state index in [0.717, 1.165) is 0 Å². The van der Waals surface area contributed by atoms with E-state index in [1.165, 1.54) is 19.1 Å². The molecule has 2 N–H and O–H groups in total. The molecule has 0 aliphatic heterocycles. The maximum atomic E-state index is 11.6. The molecule has 0 aromatic heterocycles. The van der Waals surface area contributed by atoms with Crippen LogP contribution in [0.3, 0.4) is 0 Å². The summed E-state index contributed by atoms with van der Waals surface area (Å²) in [7, 11) is 2.72. The third-order valence-corrected chi connectivity index (χ3v) is 2.02. The summed E-state index contributed by atoms with van der Waals surface area (Å²) in [5, 5.41) is 8.34. The van der Waals surface area contributed by atoms with E-state index >= 15 is 0 Å². The van der Waals surface area contributed by atoms with Crippen molar-refractivity contribution >= 4 is 18.0 Å². The minimum absolute atomic E-state index is 0.0204. The summed E-state index contributed by atoms with van der Waals surface area (Å²) in [6, 6.07) is -0.651. The lowest BCUT2D eigenvalue weighted by Crippen LogP contribution is -2.43. The number of hydroxylamine groups is 1. The van der Waals surface area contributed by atoms with Crippen LogP contribution in [-0.2, 0) is 23.9 Å². The Labute approximate surface area is 110 Å². The summed E-state index contributed by atoms with van der Waals surface area (Å²) in [6.45, 7) is -0.0392. The first kappa shape index (κ1) is 17.1. The number of rotatable bonds is 9. The maximum Gasteiger partial charge on any atom is 0.341 e. The van der Waals surface area contributed by atoms with Gasteiger partial charge in [0.15, 0.2) is 6.61 Å². The van der Waals surface area contributed by atoms with Gasteiger partial charge in [0, 0.05) is 20.2 Å². The summed E-state index contributed by atoms with van der Waals surface area (Å²) in [5.74, 6) is -1.67. The van der Waals surface area contributed by atoms with Crippen molar-refractivity contribution in [1.29, 1.82) is 0 Å². The first-order valence-electron chi connectivity index (χ1n) is 5.45. The molecule has 0 bridgehead atoms. The van der Waals surface area contributed by atoms with E-state index in [1.54, 1.807) is 0 Å². The smallest absolute Gasteiger partial charge is 0.341 e. The Morgan fingerprint density at radius 1 is 1.21 bits per heavy atom. The summed E-state index contributed by atoms with van der Waals surface area (Å²) >= 11 is 0. The number of methoxy groups -OCH3 is 2. The summed E-state index contributed by atoms with van der Waals surface area (Å²) in [5.41, 5.74) is 1.96. The number of ether oxygens (including phenoxy) is 2. The Bertz CT molecular complexity index is 308. The van der Waals surface area contributed by atoms with Crippen LogP contribution < -0.4 is 5.48 Å². The van der Waals surface area contributed by atoms with Crippen molar-refractivity contribution in [2.45, 2.75) is 6.42 Å². The monoisotopic (exact) mass is 278 g/mol. The Hall–Kier alpha value is -1.87. The van der Waals surface area contributed by atoms with Crippen LogP contribution in [0.5, 0.6) is 0 Å². The number of hydrogen-bond acceptors (Lipinski definition) is 6. The van der Waals surface area contributed by atoms with Crippen LogP contribution in [0, 0.1) is 0 Å². The van der Waals surface area contributed by atoms with E-state index in [0.29, 0.717) is 0 Å². The zero-order valence-corrected chi connectivity index (χ0v) is 10.9. The van der Waals surface area contributed by atoms with Gasteiger partial charge in [-0.1, -0.05) is 0 Å². The molecule has 0 radical (unpaired) electrons. The highest BCUT2D eigenvalue weighted by Gasteiger charge is 2.15. The van der Waals surface area contributed by atoms with Gasteiger partial charge >= 0.3 is 18.0 Å². The highest BCUT2D eigenvalue weighted by Crippen LogP contribution is 1.95. The fourth-order valence-corrected chi connectivity index (χ4v) is 1.07. The van der Waals surface area contributed by atoms with Crippen LogP contribution in [0.2, 0.25) is 0 Å². The number of nitrogens with one attached hydrogen (secondary N) is 1. The molecule has 0 heterocycles. The van der Waals surface area contributed by atoms with Crippen LogP contribution >= 0.6 is 0 Å². The molecular formula is C10H18N2O7. The van der Waals surface area contributed by atoms with Crippen LogP contribution in [0.15, 0.2) is 0 Å². The number of esters is 1. The average Bonchev–Trinajstić information content (AvgIpc) is 2.37. The van der Waals surface area contributed by atoms with Crippen LogP contribution in [0.25, 0.3) is 0 Å². The topological polar surface area (TPSA) is 114 Å². The number of aliphatic carboxylic acids is 1. The van der Waals surface area contributed by atoms with Gasteiger partial charge < -0.3 is 19.5 Å². The number of carboxylic acid groups (broad SMARTS) is 1. The van der Waals surface area contributed by atoms with Crippen molar-refractivity contribution in [3.8, 4) is 0 Å². The van der Waals surface area contributed by atoms with Gasteiger partial charge in [0.1, 0.15) is 0 Å². The van der Waals surface area contributed by atoms with Gasteiger partial charge in [-0.2, -0.15) is 0 Å². The van der Waals surface area contributed by atoms with E-state index in [9.17, 15) is 14.4 Å². The number of hydrogen-bond donors (Lipinski definition) is 2. The normalized spacial score (nSPS) is 9.79. The molecule has 0 aromatic rings. The molecule has 0 saturated heterocycles. The van der Waals surface area contributed by atoms with Crippen LogP contribution in [-0.4, -0.2) is 68.5 Å². The fourth-order valence-electron chi connectivity index (χ4n) is 1.07. The number of carbonyl (C=O) groups is 3. The number of amides is 2. The molecule has 0 unspecified atom stereocenters. The molecule has 0 rings (SSSR count). The summed E-state index contributed by atoms with van der Waals surface area (Å²) in [4.78, 5) is 38.5. The lowest BCUT2D eigenvalue weighted by atomic mass is 10.4. The lowest BCUT2D eigenvalue weighted by molar-refractivity contribution is -0.144. The Morgan fingerprint density at radius 2 is 1.89 bits per heavy atom. The number of urea groups is 1. The largest absolute Gasteiger partial charge is 0.479 e. The van der Waals surface area contributed by atoms with E-state index in [2.05, 4.69) is 9.57 Å². The Balaban J connectivity index is 4.18. The van der Waals surface area contributed by atoms with E-state index < -0.39 is 24.6 Å². The molecule has 0 atom stereocenters. The Kier molecular flexibility index (Phi) is 9.10. The van der Waals surface area contributed by atoms with Crippen molar-refractivity contribution in [2.75, 3.05) is 40.5 Å². The van der Waals surface area contributed by atoms with Crippen molar-refractivity contribution in [2.24, 2.45) is 0 Å². The minimum Gasteiger partial charge on any atom is -0.479 e. The maximum absolute atomic E-state index is 11.6. The Morgan fingerprint density at radius 3 is 2.42 bits per heavy atom. The molecule has 0 aliphatic carbocycles. The molecule has 19 heavy (non-hydrogen) atoms. The first-order valence-corrected chi connectivity index (χ1v) is 5.45. The lowest BCUT2D eigenvalue weighted by Gasteiger charge is -2.21. The van der Waals surface area contributed by atoms with Gasteiger partial charge in [-0.15, -0.1) is 0 Å². The molecule has 0 spiro atoms.